The molecule has 1 unspecified atom stereocenters. The van der Waals surface area contributed by atoms with Gasteiger partial charge in [-0.1, -0.05) is 12.0 Å². The van der Waals surface area contributed by atoms with E-state index in [-0.39, 0.29) is 12.3 Å². The number of halogens is 3. The molecule has 20 heavy (non-hydrogen) atoms. The summed E-state index contributed by atoms with van der Waals surface area (Å²) in [6.45, 7) is 0. The largest absolute Gasteiger partial charge is 0.389 e. The van der Waals surface area contributed by atoms with Crippen molar-refractivity contribution in [1.82, 2.24) is 0 Å². The highest BCUT2D eigenvalue weighted by molar-refractivity contribution is 5.27. The van der Waals surface area contributed by atoms with Gasteiger partial charge >= 0.3 is 6.18 Å². The molecule has 0 amide bonds. The van der Waals surface area contributed by atoms with Gasteiger partial charge in [0.2, 0.25) is 0 Å². The molecule has 0 bridgehead atoms. The van der Waals surface area contributed by atoms with Crippen molar-refractivity contribution in [1.29, 1.82) is 10.5 Å². The molecule has 2 nitrogen and oxygen atoms in total. The molecule has 0 aliphatic heterocycles. The normalized spacial score (nSPS) is 19.4. The second-order valence-electron chi connectivity index (χ2n) is 5.14. The summed E-state index contributed by atoms with van der Waals surface area (Å²) in [5.41, 5.74) is -0.669. The fourth-order valence-electron chi connectivity index (χ4n) is 2.38. The van der Waals surface area contributed by atoms with Gasteiger partial charge in [-0.2, -0.15) is 23.7 Å². The molecule has 0 radical (unpaired) electrons. The molecule has 1 rings (SSSR count). The van der Waals surface area contributed by atoms with Crippen LogP contribution in [-0.4, -0.2) is 6.18 Å². The van der Waals surface area contributed by atoms with E-state index in [2.05, 4.69) is 5.92 Å². The zero-order valence-electron chi connectivity index (χ0n) is 11.0. The van der Waals surface area contributed by atoms with Crippen molar-refractivity contribution in [2.24, 2.45) is 11.3 Å². The summed E-state index contributed by atoms with van der Waals surface area (Å²) in [6.07, 6.45) is 3.43. The van der Waals surface area contributed by atoms with E-state index in [0.717, 1.165) is 5.57 Å². The Morgan fingerprint density at radius 3 is 2.30 bits per heavy atom. The number of hydrogen-bond donors (Lipinski definition) is 0. The Morgan fingerprint density at radius 1 is 1.25 bits per heavy atom. The lowest BCUT2D eigenvalue weighted by Crippen LogP contribution is -2.24. The minimum atomic E-state index is -4.35. The monoisotopic (exact) mass is 280 g/mol. The van der Waals surface area contributed by atoms with Crippen molar-refractivity contribution in [2.45, 2.75) is 44.7 Å². The van der Waals surface area contributed by atoms with Gasteiger partial charge in [-0.3, -0.25) is 0 Å². The molecule has 0 saturated carbocycles. The summed E-state index contributed by atoms with van der Waals surface area (Å²) in [7, 11) is 0. The Balaban J connectivity index is 2.70. The van der Waals surface area contributed by atoms with Gasteiger partial charge in [0.05, 0.1) is 12.1 Å². The van der Waals surface area contributed by atoms with E-state index in [9.17, 15) is 13.2 Å². The maximum absolute atomic E-state index is 12.3. The molecule has 0 aromatic carbocycles. The zero-order chi connectivity index (χ0) is 15.2. The Labute approximate surface area is 116 Å². The van der Waals surface area contributed by atoms with E-state index in [1.807, 2.05) is 6.08 Å². The van der Waals surface area contributed by atoms with Crippen LogP contribution in [0.5, 0.6) is 0 Å². The predicted molar refractivity (Wildman–Crippen MR) is 67.8 cm³/mol. The molecule has 1 atom stereocenters. The third-order valence-corrected chi connectivity index (χ3v) is 3.61. The van der Waals surface area contributed by atoms with Crippen LogP contribution in [0, 0.1) is 46.3 Å². The average Bonchev–Trinajstić information content (AvgIpc) is 2.43. The van der Waals surface area contributed by atoms with Crippen LogP contribution in [0.1, 0.15) is 38.5 Å². The van der Waals surface area contributed by atoms with Gasteiger partial charge in [0.15, 0.2) is 0 Å². The highest BCUT2D eigenvalue weighted by Crippen LogP contribution is 2.39. The third kappa shape index (κ3) is 4.63. The Bertz CT molecular complexity index is 483. The molecule has 0 N–H and O–H groups in total. The zero-order valence-corrected chi connectivity index (χ0v) is 11.0. The lowest BCUT2D eigenvalue weighted by molar-refractivity contribution is -0.138. The number of nitrogens with zero attached hydrogens (tertiary/aromatic N) is 2. The molecule has 0 heterocycles. The van der Waals surface area contributed by atoms with Crippen molar-refractivity contribution < 1.29 is 13.2 Å². The summed E-state index contributed by atoms with van der Waals surface area (Å²) in [5, 5.41) is 18.2. The molecule has 0 aromatic heterocycles. The lowest BCUT2D eigenvalue weighted by atomic mass is 9.74. The molecule has 0 spiro atoms. The van der Waals surface area contributed by atoms with E-state index in [4.69, 9.17) is 16.9 Å². The quantitative estimate of drug-likeness (QED) is 0.727. The molecule has 1 aliphatic rings. The van der Waals surface area contributed by atoms with E-state index in [1.54, 1.807) is 12.1 Å². The van der Waals surface area contributed by atoms with E-state index < -0.39 is 24.4 Å². The molecule has 1 aliphatic carbocycles. The molecule has 5 heteroatoms. The van der Waals surface area contributed by atoms with Crippen molar-refractivity contribution in [3.05, 3.63) is 11.6 Å². The first kappa shape index (κ1) is 16.1. The first-order valence-electron chi connectivity index (χ1n) is 6.39. The van der Waals surface area contributed by atoms with Gasteiger partial charge in [0, 0.05) is 6.42 Å². The van der Waals surface area contributed by atoms with Crippen molar-refractivity contribution in [2.75, 3.05) is 0 Å². The van der Waals surface area contributed by atoms with Crippen molar-refractivity contribution >= 4 is 0 Å². The Kier molecular flexibility index (Phi) is 5.23. The smallest absolute Gasteiger partial charge is 0.197 e. The predicted octanol–water partition coefficient (Wildman–Crippen LogP) is 4.11. The third-order valence-electron chi connectivity index (χ3n) is 3.61. The van der Waals surface area contributed by atoms with Gasteiger partial charge in [-0.05, 0) is 43.6 Å². The van der Waals surface area contributed by atoms with Crippen LogP contribution < -0.4 is 0 Å². The summed E-state index contributed by atoms with van der Waals surface area (Å²) in [5.74, 6) is 2.58. The summed E-state index contributed by atoms with van der Waals surface area (Å²) < 4.78 is 36.9. The lowest BCUT2D eigenvalue weighted by Gasteiger charge is -2.27. The van der Waals surface area contributed by atoms with Crippen LogP contribution in [0.25, 0.3) is 0 Å². The van der Waals surface area contributed by atoms with Gasteiger partial charge in [-0.25, -0.2) is 0 Å². The second kappa shape index (κ2) is 6.49. The van der Waals surface area contributed by atoms with Crippen molar-refractivity contribution in [3.63, 3.8) is 0 Å². The molecular formula is C15H15F3N2. The Hall–Kier alpha value is -1.93. The Morgan fingerprint density at radius 2 is 1.90 bits per heavy atom. The van der Waals surface area contributed by atoms with Gasteiger partial charge in [0.1, 0.15) is 5.41 Å². The minimum absolute atomic E-state index is 0.0413. The molecule has 106 valence electrons. The van der Waals surface area contributed by atoms with E-state index in [0.29, 0.717) is 19.3 Å². The molecule has 0 aromatic rings. The van der Waals surface area contributed by atoms with Gasteiger partial charge in [-0.15, -0.1) is 6.42 Å². The van der Waals surface area contributed by atoms with Crippen molar-refractivity contribution in [3.8, 4) is 24.5 Å². The topological polar surface area (TPSA) is 47.6 Å². The molecule has 0 fully saturated rings. The van der Waals surface area contributed by atoms with E-state index in [1.165, 1.54) is 0 Å². The summed E-state index contributed by atoms with van der Waals surface area (Å²) in [6, 6.07) is 3.58. The van der Waals surface area contributed by atoms with Gasteiger partial charge < -0.3 is 0 Å². The molecule has 0 saturated heterocycles. The van der Waals surface area contributed by atoms with Crippen LogP contribution in [0.4, 0.5) is 13.2 Å². The first-order chi connectivity index (χ1) is 9.34. The standard InChI is InChI=1S/C15H15F3N2/c1-2-12-3-5-13(6-4-12)9-14(10-19,11-20)7-8-15(16,17)18/h1,3,13H,4-9H2. The van der Waals surface area contributed by atoms with Crippen LogP contribution in [0.15, 0.2) is 11.6 Å². The van der Waals surface area contributed by atoms with Crippen LogP contribution in [-0.2, 0) is 0 Å². The summed E-state index contributed by atoms with van der Waals surface area (Å²) >= 11 is 0. The van der Waals surface area contributed by atoms with E-state index >= 15 is 0 Å². The van der Waals surface area contributed by atoms with Gasteiger partial charge in [0.25, 0.3) is 0 Å². The average molecular weight is 280 g/mol. The number of allylic oxidation sites excluding steroid dienone is 2. The highest BCUT2D eigenvalue weighted by atomic mass is 19.4. The maximum Gasteiger partial charge on any atom is 0.389 e. The van der Waals surface area contributed by atoms with Crippen LogP contribution >= 0.6 is 0 Å². The van der Waals surface area contributed by atoms with Crippen LogP contribution in [0.3, 0.4) is 0 Å². The molecular weight excluding hydrogens is 265 g/mol. The first-order valence-corrected chi connectivity index (χ1v) is 6.39. The fraction of sp³-hybridized carbons (Fsp3) is 0.600. The summed E-state index contributed by atoms with van der Waals surface area (Å²) in [4.78, 5) is 0. The van der Waals surface area contributed by atoms with Crippen LogP contribution in [0.2, 0.25) is 0 Å². The fourth-order valence-corrected chi connectivity index (χ4v) is 2.38. The number of rotatable bonds is 4. The highest BCUT2D eigenvalue weighted by Gasteiger charge is 2.38. The number of hydrogen-bond acceptors (Lipinski definition) is 2. The SMILES string of the molecule is C#CC1=CCC(CC(C#N)(C#N)CCC(F)(F)F)CC1. The number of terminal acetylenes is 1. The maximum atomic E-state index is 12.3. The number of nitriles is 2. The minimum Gasteiger partial charge on any atom is -0.197 e. The second-order valence-corrected chi connectivity index (χ2v) is 5.14. The number of alkyl halides is 3.